The summed E-state index contributed by atoms with van der Waals surface area (Å²) in [5, 5.41) is 13.2. The van der Waals surface area contributed by atoms with Crippen molar-refractivity contribution in [2.75, 3.05) is 7.11 Å². The Hall–Kier alpha value is -0.610. The lowest BCUT2D eigenvalue weighted by molar-refractivity contribution is -0.144. The number of hydrogen-bond acceptors (Lipinski definition) is 3. The molecule has 19 heavy (non-hydrogen) atoms. The summed E-state index contributed by atoms with van der Waals surface area (Å²) in [4.78, 5) is 11.5. The third kappa shape index (κ3) is 2.40. The molecule has 0 aromatic rings. The summed E-state index contributed by atoms with van der Waals surface area (Å²) in [5.41, 5.74) is 0. The number of carbonyl (C=O) groups is 1. The molecule has 3 rings (SSSR count). The zero-order valence-corrected chi connectivity index (χ0v) is 11.7. The van der Waals surface area contributed by atoms with Gasteiger partial charge in [-0.05, 0) is 43.9 Å². The Balaban J connectivity index is 1.69. The average molecular weight is 267 g/mol. The smallest absolute Gasteiger partial charge is 0.308 e. The van der Waals surface area contributed by atoms with Crippen LogP contribution in [0.4, 0.5) is 0 Å². The molecule has 2 bridgehead atoms. The molecule has 0 spiro atoms. The molecule has 3 aliphatic carbocycles. The van der Waals surface area contributed by atoms with Crippen LogP contribution < -0.4 is 5.32 Å². The highest BCUT2D eigenvalue weighted by Gasteiger charge is 2.51. The van der Waals surface area contributed by atoms with Gasteiger partial charge in [-0.25, -0.2) is 0 Å². The minimum absolute atomic E-state index is 0.168. The largest absolute Gasteiger partial charge is 0.481 e. The van der Waals surface area contributed by atoms with Crippen LogP contribution in [0.5, 0.6) is 0 Å². The van der Waals surface area contributed by atoms with Gasteiger partial charge in [0.2, 0.25) is 0 Å². The van der Waals surface area contributed by atoms with Crippen molar-refractivity contribution < 1.29 is 14.6 Å². The maximum Gasteiger partial charge on any atom is 0.308 e. The van der Waals surface area contributed by atoms with Gasteiger partial charge in [0.1, 0.15) is 0 Å². The predicted octanol–water partition coefficient (Wildman–Crippen LogP) is 2.03. The van der Waals surface area contributed by atoms with Gasteiger partial charge >= 0.3 is 5.97 Å². The summed E-state index contributed by atoms with van der Waals surface area (Å²) >= 11 is 0. The minimum atomic E-state index is -0.602. The number of methoxy groups -OCH3 is 1. The molecule has 2 N–H and O–H groups in total. The van der Waals surface area contributed by atoms with Crippen molar-refractivity contribution >= 4 is 5.97 Å². The van der Waals surface area contributed by atoms with Crippen molar-refractivity contribution in [3.05, 3.63) is 0 Å². The summed E-state index contributed by atoms with van der Waals surface area (Å²) in [6, 6.07) is 0.530. The molecule has 4 heteroatoms. The molecule has 0 aliphatic heterocycles. The topological polar surface area (TPSA) is 58.6 Å². The number of carboxylic acid groups (broad SMARTS) is 1. The molecule has 3 aliphatic rings. The van der Waals surface area contributed by atoms with Crippen LogP contribution >= 0.6 is 0 Å². The van der Waals surface area contributed by atoms with Crippen molar-refractivity contribution in [1.29, 1.82) is 0 Å². The lowest BCUT2D eigenvalue weighted by Gasteiger charge is -2.37. The first-order chi connectivity index (χ1) is 9.20. The molecule has 4 nitrogen and oxygen atoms in total. The third-order valence-electron chi connectivity index (χ3n) is 5.61. The molecule has 0 aromatic carbocycles. The Morgan fingerprint density at radius 2 is 1.89 bits per heavy atom. The number of aliphatic carboxylic acids is 1. The van der Waals surface area contributed by atoms with Crippen LogP contribution in [0, 0.1) is 17.8 Å². The van der Waals surface area contributed by atoms with Crippen LogP contribution in [0.1, 0.15) is 44.9 Å². The summed E-state index contributed by atoms with van der Waals surface area (Å²) in [6.45, 7) is 0. The lowest BCUT2D eigenvalue weighted by Crippen LogP contribution is -2.53. The minimum Gasteiger partial charge on any atom is -0.481 e. The van der Waals surface area contributed by atoms with Gasteiger partial charge in [-0.2, -0.15) is 0 Å². The van der Waals surface area contributed by atoms with Crippen molar-refractivity contribution in [2.24, 2.45) is 17.8 Å². The van der Waals surface area contributed by atoms with Crippen LogP contribution in [0.15, 0.2) is 0 Å². The number of hydrogen-bond donors (Lipinski definition) is 2. The number of carboxylic acids is 1. The van der Waals surface area contributed by atoms with Gasteiger partial charge in [0, 0.05) is 19.2 Å². The van der Waals surface area contributed by atoms with E-state index < -0.39 is 5.97 Å². The normalized spacial score (nSPS) is 45.5. The SMILES string of the molecule is COC1CCCCC1NC1C2CCC(C2)C1C(=O)O. The molecule has 6 unspecified atom stereocenters. The first-order valence-corrected chi connectivity index (χ1v) is 7.72. The number of ether oxygens (including phenoxy) is 1. The van der Waals surface area contributed by atoms with E-state index in [0.29, 0.717) is 17.9 Å². The summed E-state index contributed by atoms with van der Waals surface area (Å²) in [7, 11) is 1.78. The van der Waals surface area contributed by atoms with Gasteiger partial charge in [-0.3, -0.25) is 4.79 Å². The Bertz CT molecular complexity index is 346. The molecule has 108 valence electrons. The van der Waals surface area contributed by atoms with Crippen LogP contribution in [0.3, 0.4) is 0 Å². The highest BCUT2D eigenvalue weighted by atomic mass is 16.5. The van der Waals surface area contributed by atoms with Gasteiger partial charge < -0.3 is 15.2 Å². The monoisotopic (exact) mass is 267 g/mol. The summed E-state index contributed by atoms with van der Waals surface area (Å²) < 4.78 is 5.58. The molecular weight excluding hydrogens is 242 g/mol. The second-order valence-electron chi connectivity index (χ2n) is 6.55. The molecular formula is C15H25NO3. The molecule has 0 saturated heterocycles. The van der Waals surface area contributed by atoms with E-state index in [2.05, 4.69) is 5.32 Å². The summed E-state index contributed by atoms with van der Waals surface area (Å²) in [6.07, 6.45) is 8.38. The second-order valence-corrected chi connectivity index (χ2v) is 6.55. The number of rotatable bonds is 4. The zero-order valence-electron chi connectivity index (χ0n) is 11.7. The molecule has 3 fully saturated rings. The van der Waals surface area contributed by atoms with Crippen LogP contribution in [-0.2, 0) is 9.53 Å². The van der Waals surface area contributed by atoms with E-state index in [9.17, 15) is 9.90 Å². The highest BCUT2D eigenvalue weighted by molar-refractivity contribution is 5.72. The quantitative estimate of drug-likeness (QED) is 0.818. The highest BCUT2D eigenvalue weighted by Crippen LogP contribution is 2.49. The van der Waals surface area contributed by atoms with Gasteiger partial charge in [0.25, 0.3) is 0 Å². The standard InChI is InChI=1S/C15H25NO3/c1-19-12-5-3-2-4-11(12)16-14-10-7-6-9(8-10)13(14)15(17)18/h9-14,16H,2-8H2,1H3,(H,17,18). The average Bonchev–Trinajstić information content (AvgIpc) is 3.00. The van der Waals surface area contributed by atoms with Gasteiger partial charge in [0.15, 0.2) is 0 Å². The molecule has 0 radical (unpaired) electrons. The molecule has 0 aromatic heterocycles. The number of fused-ring (bicyclic) bond motifs is 2. The van der Waals surface area contributed by atoms with Crippen molar-refractivity contribution in [3.63, 3.8) is 0 Å². The Kier molecular flexibility index (Phi) is 3.81. The van der Waals surface area contributed by atoms with Crippen LogP contribution in [-0.4, -0.2) is 36.4 Å². The Morgan fingerprint density at radius 3 is 2.63 bits per heavy atom. The lowest BCUT2D eigenvalue weighted by atomic mass is 9.82. The van der Waals surface area contributed by atoms with E-state index in [1.165, 1.54) is 19.3 Å². The first kappa shape index (κ1) is 13.4. The van der Waals surface area contributed by atoms with E-state index in [1.54, 1.807) is 7.11 Å². The molecule has 6 atom stereocenters. The van der Waals surface area contributed by atoms with Crippen molar-refractivity contribution in [2.45, 2.75) is 63.1 Å². The summed E-state index contributed by atoms with van der Waals surface area (Å²) in [5.74, 6) is 0.211. The maximum absolute atomic E-state index is 11.5. The van der Waals surface area contributed by atoms with E-state index >= 15 is 0 Å². The fourth-order valence-electron chi connectivity index (χ4n) is 4.70. The van der Waals surface area contributed by atoms with E-state index in [0.717, 1.165) is 25.7 Å². The second kappa shape index (κ2) is 5.41. The third-order valence-corrected chi connectivity index (χ3v) is 5.61. The molecule has 0 heterocycles. The fraction of sp³-hybridized carbons (Fsp3) is 0.933. The van der Waals surface area contributed by atoms with E-state index in [1.807, 2.05) is 0 Å². The van der Waals surface area contributed by atoms with Gasteiger partial charge in [-0.1, -0.05) is 12.8 Å². The maximum atomic E-state index is 11.5. The van der Waals surface area contributed by atoms with Gasteiger partial charge in [0.05, 0.1) is 12.0 Å². The molecule has 0 amide bonds. The first-order valence-electron chi connectivity index (χ1n) is 7.72. The van der Waals surface area contributed by atoms with Crippen molar-refractivity contribution in [1.82, 2.24) is 5.32 Å². The van der Waals surface area contributed by atoms with E-state index in [-0.39, 0.29) is 18.1 Å². The van der Waals surface area contributed by atoms with E-state index in [4.69, 9.17) is 4.74 Å². The Morgan fingerprint density at radius 1 is 1.16 bits per heavy atom. The van der Waals surface area contributed by atoms with Crippen LogP contribution in [0.25, 0.3) is 0 Å². The fourth-order valence-corrected chi connectivity index (χ4v) is 4.70. The van der Waals surface area contributed by atoms with Crippen molar-refractivity contribution in [3.8, 4) is 0 Å². The predicted molar refractivity (Wildman–Crippen MR) is 71.9 cm³/mol. The molecule has 3 saturated carbocycles. The number of nitrogens with one attached hydrogen (secondary N) is 1. The van der Waals surface area contributed by atoms with Gasteiger partial charge in [-0.15, -0.1) is 0 Å². The van der Waals surface area contributed by atoms with Crippen LogP contribution in [0.2, 0.25) is 0 Å². The zero-order chi connectivity index (χ0) is 13.4. The Labute approximate surface area is 114 Å².